The lowest BCUT2D eigenvalue weighted by atomic mass is 10.1. The molecule has 0 spiro atoms. The average molecular weight is 235 g/mol. The SMILES string of the molecule is CCNCc1cnc(CCOC)nc1C1CC1. The van der Waals surface area contributed by atoms with Crippen LogP contribution in [0.4, 0.5) is 0 Å². The van der Waals surface area contributed by atoms with Gasteiger partial charge in [0.25, 0.3) is 0 Å². The molecule has 0 aromatic carbocycles. The van der Waals surface area contributed by atoms with E-state index in [4.69, 9.17) is 9.72 Å². The van der Waals surface area contributed by atoms with Crippen molar-refractivity contribution in [2.75, 3.05) is 20.3 Å². The van der Waals surface area contributed by atoms with Crippen molar-refractivity contribution in [2.24, 2.45) is 0 Å². The maximum Gasteiger partial charge on any atom is 0.130 e. The number of ether oxygens (including phenoxy) is 1. The van der Waals surface area contributed by atoms with Crippen LogP contribution in [-0.2, 0) is 17.7 Å². The smallest absolute Gasteiger partial charge is 0.130 e. The standard InChI is InChI=1S/C13H21N3O/c1-3-14-8-11-9-15-12(6-7-17-2)16-13(11)10-4-5-10/h9-10,14H,3-8H2,1-2H3. The fraction of sp³-hybridized carbons (Fsp3) is 0.692. The number of methoxy groups -OCH3 is 1. The zero-order chi connectivity index (χ0) is 12.1. The fourth-order valence-corrected chi connectivity index (χ4v) is 1.88. The first-order valence-corrected chi connectivity index (χ1v) is 6.39. The van der Waals surface area contributed by atoms with Crippen LogP contribution >= 0.6 is 0 Å². The number of nitrogens with zero attached hydrogens (tertiary/aromatic N) is 2. The molecule has 2 rings (SSSR count). The molecule has 1 aliphatic rings. The van der Waals surface area contributed by atoms with Crippen molar-refractivity contribution in [1.29, 1.82) is 0 Å². The summed E-state index contributed by atoms with van der Waals surface area (Å²) < 4.78 is 5.06. The Morgan fingerprint density at radius 1 is 1.47 bits per heavy atom. The summed E-state index contributed by atoms with van der Waals surface area (Å²) in [6.45, 7) is 4.67. The first-order valence-electron chi connectivity index (χ1n) is 6.39. The van der Waals surface area contributed by atoms with Crippen LogP contribution in [0.2, 0.25) is 0 Å². The Balaban J connectivity index is 2.10. The molecule has 4 heteroatoms. The van der Waals surface area contributed by atoms with Gasteiger partial charge in [0.05, 0.1) is 12.3 Å². The molecule has 1 N–H and O–H groups in total. The fourth-order valence-electron chi connectivity index (χ4n) is 1.88. The second-order valence-electron chi connectivity index (χ2n) is 4.49. The minimum Gasteiger partial charge on any atom is -0.384 e. The van der Waals surface area contributed by atoms with Gasteiger partial charge in [-0.05, 0) is 19.4 Å². The first-order chi connectivity index (χ1) is 8.35. The third-order valence-corrected chi connectivity index (χ3v) is 3.01. The second-order valence-corrected chi connectivity index (χ2v) is 4.49. The van der Waals surface area contributed by atoms with E-state index in [9.17, 15) is 0 Å². The van der Waals surface area contributed by atoms with Gasteiger partial charge in [-0.25, -0.2) is 9.97 Å². The zero-order valence-corrected chi connectivity index (χ0v) is 10.7. The molecule has 0 bridgehead atoms. The van der Waals surface area contributed by atoms with E-state index in [1.165, 1.54) is 24.1 Å². The summed E-state index contributed by atoms with van der Waals surface area (Å²) in [5, 5.41) is 3.35. The van der Waals surface area contributed by atoms with Gasteiger partial charge in [-0.1, -0.05) is 6.92 Å². The molecule has 17 heavy (non-hydrogen) atoms. The van der Waals surface area contributed by atoms with Crippen LogP contribution in [0.15, 0.2) is 6.20 Å². The number of hydrogen-bond acceptors (Lipinski definition) is 4. The molecule has 0 saturated heterocycles. The number of nitrogens with one attached hydrogen (secondary N) is 1. The van der Waals surface area contributed by atoms with Gasteiger partial charge in [-0.3, -0.25) is 0 Å². The van der Waals surface area contributed by atoms with E-state index in [0.29, 0.717) is 12.5 Å². The van der Waals surface area contributed by atoms with E-state index in [2.05, 4.69) is 17.2 Å². The Bertz CT molecular complexity index is 364. The van der Waals surface area contributed by atoms with Crippen LogP contribution in [-0.4, -0.2) is 30.2 Å². The molecule has 0 radical (unpaired) electrons. The molecule has 1 fully saturated rings. The maximum atomic E-state index is 5.06. The Morgan fingerprint density at radius 3 is 2.94 bits per heavy atom. The van der Waals surface area contributed by atoms with Crippen LogP contribution < -0.4 is 5.32 Å². The van der Waals surface area contributed by atoms with E-state index in [-0.39, 0.29) is 0 Å². The molecule has 1 saturated carbocycles. The highest BCUT2D eigenvalue weighted by molar-refractivity contribution is 5.25. The Hall–Kier alpha value is -1.00. The first kappa shape index (κ1) is 12.5. The highest BCUT2D eigenvalue weighted by atomic mass is 16.5. The van der Waals surface area contributed by atoms with Crippen molar-refractivity contribution >= 4 is 0 Å². The van der Waals surface area contributed by atoms with Crippen LogP contribution in [0.3, 0.4) is 0 Å². The largest absolute Gasteiger partial charge is 0.384 e. The zero-order valence-electron chi connectivity index (χ0n) is 10.7. The third kappa shape index (κ3) is 3.48. The van der Waals surface area contributed by atoms with Crippen LogP contribution in [0, 0.1) is 0 Å². The Labute approximate surface area is 103 Å². The van der Waals surface area contributed by atoms with Crippen molar-refractivity contribution < 1.29 is 4.74 Å². The summed E-state index contributed by atoms with van der Waals surface area (Å²) in [5.74, 6) is 1.59. The number of rotatable bonds is 7. The maximum absolute atomic E-state index is 5.06. The second kappa shape index (κ2) is 6.07. The van der Waals surface area contributed by atoms with Gasteiger partial charge >= 0.3 is 0 Å². The van der Waals surface area contributed by atoms with Crippen molar-refractivity contribution in [3.63, 3.8) is 0 Å². The molecule has 1 aromatic heterocycles. The summed E-state index contributed by atoms with van der Waals surface area (Å²) in [6, 6.07) is 0. The average Bonchev–Trinajstić information content (AvgIpc) is 3.18. The lowest BCUT2D eigenvalue weighted by Crippen LogP contribution is -2.15. The Morgan fingerprint density at radius 2 is 2.29 bits per heavy atom. The Kier molecular flexibility index (Phi) is 4.45. The van der Waals surface area contributed by atoms with Crippen molar-refractivity contribution in [3.05, 3.63) is 23.3 Å². The van der Waals surface area contributed by atoms with Gasteiger partial charge in [0.15, 0.2) is 0 Å². The molecule has 1 aliphatic carbocycles. The highest BCUT2D eigenvalue weighted by Crippen LogP contribution is 2.40. The molecule has 1 heterocycles. The molecule has 0 atom stereocenters. The van der Waals surface area contributed by atoms with Gasteiger partial charge in [-0.2, -0.15) is 0 Å². The van der Waals surface area contributed by atoms with E-state index < -0.39 is 0 Å². The molecular weight excluding hydrogens is 214 g/mol. The summed E-state index contributed by atoms with van der Waals surface area (Å²) in [7, 11) is 1.71. The summed E-state index contributed by atoms with van der Waals surface area (Å²) >= 11 is 0. The van der Waals surface area contributed by atoms with Gasteiger partial charge in [-0.15, -0.1) is 0 Å². The minimum atomic E-state index is 0.674. The van der Waals surface area contributed by atoms with E-state index in [1.54, 1.807) is 7.11 Å². The minimum absolute atomic E-state index is 0.674. The van der Waals surface area contributed by atoms with Crippen LogP contribution in [0.5, 0.6) is 0 Å². The van der Waals surface area contributed by atoms with Gasteiger partial charge in [0.2, 0.25) is 0 Å². The molecule has 0 aliphatic heterocycles. The summed E-state index contributed by atoms with van der Waals surface area (Å²) in [4.78, 5) is 9.10. The lowest BCUT2D eigenvalue weighted by Gasteiger charge is -2.09. The monoisotopic (exact) mass is 235 g/mol. The third-order valence-electron chi connectivity index (χ3n) is 3.01. The summed E-state index contributed by atoms with van der Waals surface area (Å²) in [5.41, 5.74) is 2.52. The predicted molar refractivity (Wildman–Crippen MR) is 67.0 cm³/mol. The van der Waals surface area contributed by atoms with Crippen molar-refractivity contribution in [3.8, 4) is 0 Å². The van der Waals surface area contributed by atoms with E-state index >= 15 is 0 Å². The summed E-state index contributed by atoms with van der Waals surface area (Å²) in [6.07, 6.45) is 5.34. The normalized spacial score (nSPS) is 15.2. The molecule has 0 unspecified atom stereocenters. The quantitative estimate of drug-likeness (QED) is 0.780. The van der Waals surface area contributed by atoms with Crippen molar-refractivity contribution in [2.45, 2.75) is 38.6 Å². The van der Waals surface area contributed by atoms with Crippen molar-refractivity contribution in [1.82, 2.24) is 15.3 Å². The molecule has 1 aromatic rings. The molecular formula is C13H21N3O. The highest BCUT2D eigenvalue weighted by Gasteiger charge is 2.27. The van der Waals surface area contributed by atoms with Gasteiger partial charge < -0.3 is 10.1 Å². The van der Waals surface area contributed by atoms with Gasteiger partial charge in [0, 0.05) is 37.8 Å². The molecule has 0 amide bonds. The van der Waals surface area contributed by atoms with Crippen LogP contribution in [0.25, 0.3) is 0 Å². The molecule has 4 nitrogen and oxygen atoms in total. The van der Waals surface area contributed by atoms with Gasteiger partial charge in [0.1, 0.15) is 5.82 Å². The molecule has 94 valence electrons. The number of aromatic nitrogens is 2. The van der Waals surface area contributed by atoms with E-state index in [0.717, 1.165) is 25.3 Å². The lowest BCUT2D eigenvalue weighted by molar-refractivity contribution is 0.200. The topological polar surface area (TPSA) is 47.0 Å². The number of hydrogen-bond donors (Lipinski definition) is 1. The van der Waals surface area contributed by atoms with E-state index in [1.807, 2.05) is 6.20 Å². The van der Waals surface area contributed by atoms with Crippen LogP contribution in [0.1, 0.15) is 42.8 Å². The predicted octanol–water partition coefficient (Wildman–Crippen LogP) is 1.65.